The minimum atomic E-state index is 0.194. The molecule has 0 unspecified atom stereocenters. The van der Waals surface area contributed by atoms with Crippen molar-refractivity contribution in [1.82, 2.24) is 5.06 Å². The van der Waals surface area contributed by atoms with Gasteiger partial charge in [-0.3, -0.25) is 4.84 Å². The first kappa shape index (κ1) is 6.99. The second kappa shape index (κ2) is 3.82. The summed E-state index contributed by atoms with van der Waals surface area (Å²) in [4.78, 5) is 5.19. The van der Waals surface area contributed by atoms with Gasteiger partial charge in [-0.1, -0.05) is 0 Å². The van der Waals surface area contributed by atoms with Crippen molar-refractivity contribution in [2.24, 2.45) is 0 Å². The number of hydrogen-bond acceptors (Lipinski definition) is 3. The van der Waals surface area contributed by atoms with E-state index < -0.39 is 0 Å². The molecular formula is C6H13NO2. The van der Waals surface area contributed by atoms with E-state index in [1.54, 1.807) is 0 Å². The largest absolute Gasteiger partial charge is 0.395 e. The van der Waals surface area contributed by atoms with Gasteiger partial charge in [0.15, 0.2) is 0 Å². The molecule has 1 aliphatic heterocycles. The quantitative estimate of drug-likeness (QED) is 0.573. The van der Waals surface area contributed by atoms with E-state index >= 15 is 0 Å². The number of β-amino-alcohol motifs (C(OH)–C–C–N with tert-alkyl or cyclic N) is 1. The lowest BCUT2D eigenvalue weighted by Crippen LogP contribution is -2.32. The molecule has 0 saturated carbocycles. The van der Waals surface area contributed by atoms with Crippen LogP contribution in [0, 0.1) is 0 Å². The SMILES string of the molecule is OCCN1CCCCO1. The summed E-state index contributed by atoms with van der Waals surface area (Å²) in [6, 6.07) is 0. The summed E-state index contributed by atoms with van der Waals surface area (Å²) in [5, 5.41) is 10.3. The molecule has 1 rings (SSSR count). The van der Waals surface area contributed by atoms with Crippen LogP contribution in [0.5, 0.6) is 0 Å². The smallest absolute Gasteiger partial charge is 0.0685 e. The first-order valence-electron chi connectivity index (χ1n) is 3.42. The maximum absolute atomic E-state index is 8.50. The molecule has 3 heteroatoms. The molecule has 0 aromatic carbocycles. The van der Waals surface area contributed by atoms with Gasteiger partial charge in [0.1, 0.15) is 0 Å². The Balaban J connectivity index is 2.08. The van der Waals surface area contributed by atoms with Crippen molar-refractivity contribution in [2.45, 2.75) is 12.8 Å². The van der Waals surface area contributed by atoms with Gasteiger partial charge in [-0.25, -0.2) is 0 Å². The monoisotopic (exact) mass is 131 g/mol. The first-order valence-corrected chi connectivity index (χ1v) is 3.42. The fraction of sp³-hybridized carbons (Fsp3) is 1.00. The minimum absolute atomic E-state index is 0.194. The lowest BCUT2D eigenvalue weighted by atomic mass is 10.3. The Labute approximate surface area is 55.2 Å². The summed E-state index contributed by atoms with van der Waals surface area (Å²) in [6.07, 6.45) is 2.35. The van der Waals surface area contributed by atoms with Gasteiger partial charge in [0, 0.05) is 13.1 Å². The van der Waals surface area contributed by atoms with E-state index in [-0.39, 0.29) is 6.61 Å². The molecule has 1 heterocycles. The average molecular weight is 131 g/mol. The molecular weight excluding hydrogens is 118 g/mol. The van der Waals surface area contributed by atoms with Crippen molar-refractivity contribution in [3.05, 3.63) is 0 Å². The van der Waals surface area contributed by atoms with Gasteiger partial charge < -0.3 is 5.11 Å². The third-order valence-electron chi connectivity index (χ3n) is 1.43. The Morgan fingerprint density at radius 1 is 1.44 bits per heavy atom. The Bertz CT molecular complexity index is 68.7. The maximum atomic E-state index is 8.50. The van der Waals surface area contributed by atoms with Crippen LogP contribution in [-0.4, -0.2) is 36.5 Å². The molecule has 1 N–H and O–H groups in total. The molecule has 0 atom stereocenters. The third kappa shape index (κ3) is 2.30. The second-order valence-corrected chi connectivity index (χ2v) is 2.19. The molecule has 0 aromatic rings. The van der Waals surface area contributed by atoms with Crippen molar-refractivity contribution in [3.63, 3.8) is 0 Å². The van der Waals surface area contributed by atoms with Crippen LogP contribution in [-0.2, 0) is 4.84 Å². The topological polar surface area (TPSA) is 32.7 Å². The lowest BCUT2D eigenvalue weighted by Gasteiger charge is -2.24. The van der Waals surface area contributed by atoms with Crippen LogP contribution < -0.4 is 0 Å². The molecule has 0 spiro atoms. The summed E-state index contributed by atoms with van der Waals surface area (Å²) in [5.74, 6) is 0. The number of rotatable bonds is 2. The first-order chi connectivity index (χ1) is 4.43. The van der Waals surface area contributed by atoms with E-state index in [0.717, 1.165) is 19.6 Å². The van der Waals surface area contributed by atoms with Gasteiger partial charge in [-0.05, 0) is 12.8 Å². The van der Waals surface area contributed by atoms with Gasteiger partial charge >= 0.3 is 0 Å². The molecule has 1 saturated heterocycles. The van der Waals surface area contributed by atoms with Crippen molar-refractivity contribution in [2.75, 3.05) is 26.3 Å². The van der Waals surface area contributed by atoms with Crippen molar-refractivity contribution >= 4 is 0 Å². The van der Waals surface area contributed by atoms with Crippen LogP contribution in [0.1, 0.15) is 12.8 Å². The minimum Gasteiger partial charge on any atom is -0.395 e. The predicted molar refractivity (Wildman–Crippen MR) is 33.8 cm³/mol. The van der Waals surface area contributed by atoms with E-state index in [1.807, 2.05) is 5.06 Å². The molecule has 1 aliphatic rings. The van der Waals surface area contributed by atoms with Crippen LogP contribution in [0.2, 0.25) is 0 Å². The number of aliphatic hydroxyl groups excluding tert-OH is 1. The molecule has 0 aromatic heterocycles. The van der Waals surface area contributed by atoms with Gasteiger partial charge in [-0.15, -0.1) is 0 Å². The molecule has 0 radical (unpaired) electrons. The Morgan fingerprint density at radius 2 is 2.33 bits per heavy atom. The zero-order chi connectivity index (χ0) is 6.53. The Kier molecular flexibility index (Phi) is 2.97. The summed E-state index contributed by atoms with van der Waals surface area (Å²) in [7, 11) is 0. The highest BCUT2D eigenvalue weighted by Crippen LogP contribution is 2.03. The summed E-state index contributed by atoms with van der Waals surface area (Å²) in [6.45, 7) is 2.64. The van der Waals surface area contributed by atoms with Crippen LogP contribution in [0.25, 0.3) is 0 Å². The zero-order valence-corrected chi connectivity index (χ0v) is 5.55. The second-order valence-electron chi connectivity index (χ2n) is 2.19. The van der Waals surface area contributed by atoms with Crippen molar-refractivity contribution in [3.8, 4) is 0 Å². The highest BCUT2D eigenvalue weighted by molar-refractivity contribution is 4.51. The van der Waals surface area contributed by atoms with E-state index in [2.05, 4.69) is 0 Å². The standard InChI is InChI=1S/C6H13NO2/c8-5-4-7-3-1-2-6-9-7/h8H,1-6H2. The fourth-order valence-corrected chi connectivity index (χ4v) is 0.936. The predicted octanol–water partition coefficient (Wildman–Crippen LogP) is 0.00610. The highest BCUT2D eigenvalue weighted by Gasteiger charge is 2.08. The normalized spacial score (nSPS) is 22.3. The number of hydroxylamine groups is 2. The lowest BCUT2D eigenvalue weighted by molar-refractivity contribution is -0.184. The van der Waals surface area contributed by atoms with E-state index in [0.29, 0.717) is 6.54 Å². The Hall–Kier alpha value is -0.120. The average Bonchev–Trinajstić information content (AvgIpc) is 1.91. The highest BCUT2D eigenvalue weighted by atomic mass is 16.7. The third-order valence-corrected chi connectivity index (χ3v) is 1.43. The maximum Gasteiger partial charge on any atom is 0.0685 e. The molecule has 54 valence electrons. The molecule has 9 heavy (non-hydrogen) atoms. The van der Waals surface area contributed by atoms with Gasteiger partial charge in [0.25, 0.3) is 0 Å². The van der Waals surface area contributed by atoms with E-state index in [1.165, 1.54) is 6.42 Å². The summed E-state index contributed by atoms with van der Waals surface area (Å²) >= 11 is 0. The fourth-order valence-electron chi connectivity index (χ4n) is 0.936. The summed E-state index contributed by atoms with van der Waals surface area (Å²) in [5.41, 5.74) is 0. The molecule has 0 aliphatic carbocycles. The van der Waals surface area contributed by atoms with E-state index in [4.69, 9.17) is 9.94 Å². The Morgan fingerprint density at radius 3 is 2.89 bits per heavy atom. The molecule has 0 bridgehead atoms. The van der Waals surface area contributed by atoms with Gasteiger partial charge in [-0.2, -0.15) is 5.06 Å². The van der Waals surface area contributed by atoms with Crippen molar-refractivity contribution in [1.29, 1.82) is 0 Å². The number of aliphatic hydroxyl groups is 1. The van der Waals surface area contributed by atoms with Crippen LogP contribution >= 0.6 is 0 Å². The van der Waals surface area contributed by atoms with Crippen LogP contribution in [0.3, 0.4) is 0 Å². The van der Waals surface area contributed by atoms with Gasteiger partial charge in [0.2, 0.25) is 0 Å². The molecule has 0 amide bonds. The van der Waals surface area contributed by atoms with Crippen LogP contribution in [0.4, 0.5) is 0 Å². The van der Waals surface area contributed by atoms with Crippen molar-refractivity contribution < 1.29 is 9.94 Å². The number of nitrogens with zero attached hydrogens (tertiary/aromatic N) is 1. The van der Waals surface area contributed by atoms with Crippen LogP contribution in [0.15, 0.2) is 0 Å². The zero-order valence-electron chi connectivity index (χ0n) is 5.55. The molecule has 3 nitrogen and oxygen atoms in total. The van der Waals surface area contributed by atoms with E-state index in [9.17, 15) is 0 Å². The number of hydrogen-bond donors (Lipinski definition) is 1. The molecule has 1 fully saturated rings. The summed E-state index contributed by atoms with van der Waals surface area (Å²) < 4.78 is 0. The van der Waals surface area contributed by atoms with Gasteiger partial charge in [0.05, 0.1) is 13.2 Å².